The summed E-state index contributed by atoms with van der Waals surface area (Å²) in [4.78, 5) is 15.2. The Hall–Kier alpha value is -0.910. The summed E-state index contributed by atoms with van der Waals surface area (Å²) in [5.41, 5.74) is 0. The van der Waals surface area contributed by atoms with Crippen LogP contribution in [0.25, 0.3) is 0 Å². The SMILES string of the molecule is CC1CN(CC(=O)NCCc2cccs2)CCO1. The predicted octanol–water partition coefficient (Wildman–Crippen LogP) is 1.13. The number of hydrogen-bond donors (Lipinski definition) is 1. The minimum Gasteiger partial charge on any atom is -0.376 e. The van der Waals surface area contributed by atoms with E-state index in [1.807, 2.05) is 13.0 Å². The Kier molecular flexibility index (Phi) is 5.16. The smallest absolute Gasteiger partial charge is 0.234 e. The van der Waals surface area contributed by atoms with Gasteiger partial charge in [0.05, 0.1) is 19.3 Å². The van der Waals surface area contributed by atoms with Crippen LogP contribution >= 0.6 is 11.3 Å². The number of nitrogens with zero attached hydrogens (tertiary/aromatic N) is 1. The molecule has 1 fully saturated rings. The van der Waals surface area contributed by atoms with Gasteiger partial charge in [0.15, 0.2) is 0 Å². The van der Waals surface area contributed by atoms with E-state index in [0.29, 0.717) is 6.54 Å². The molecule has 5 heteroatoms. The lowest BCUT2D eigenvalue weighted by atomic mass is 10.3. The third-order valence-corrected chi connectivity index (χ3v) is 3.90. The third kappa shape index (κ3) is 4.40. The van der Waals surface area contributed by atoms with E-state index in [0.717, 1.165) is 32.7 Å². The van der Waals surface area contributed by atoms with Gasteiger partial charge in [-0.15, -0.1) is 11.3 Å². The highest BCUT2D eigenvalue weighted by atomic mass is 32.1. The second-order valence-electron chi connectivity index (χ2n) is 4.60. The third-order valence-electron chi connectivity index (χ3n) is 2.97. The Bertz CT molecular complexity index is 367. The van der Waals surface area contributed by atoms with Crippen molar-refractivity contribution in [1.29, 1.82) is 0 Å². The number of thiophene rings is 1. The number of morpholine rings is 1. The van der Waals surface area contributed by atoms with Crippen molar-refractivity contribution < 1.29 is 9.53 Å². The highest BCUT2D eigenvalue weighted by molar-refractivity contribution is 7.09. The number of amides is 1. The average Bonchev–Trinajstić information content (AvgIpc) is 2.82. The highest BCUT2D eigenvalue weighted by Crippen LogP contribution is 2.08. The normalized spacial score (nSPS) is 20.8. The highest BCUT2D eigenvalue weighted by Gasteiger charge is 2.18. The van der Waals surface area contributed by atoms with E-state index in [1.54, 1.807) is 11.3 Å². The van der Waals surface area contributed by atoms with Crippen molar-refractivity contribution in [3.8, 4) is 0 Å². The van der Waals surface area contributed by atoms with Crippen LogP contribution in [0.3, 0.4) is 0 Å². The van der Waals surface area contributed by atoms with Gasteiger partial charge in [0.25, 0.3) is 0 Å². The molecule has 1 amide bonds. The fourth-order valence-corrected chi connectivity index (χ4v) is 2.78. The first kappa shape index (κ1) is 13.5. The summed E-state index contributed by atoms with van der Waals surface area (Å²) in [6.45, 7) is 5.67. The molecule has 1 saturated heterocycles. The van der Waals surface area contributed by atoms with Crippen molar-refractivity contribution in [3.05, 3.63) is 22.4 Å². The second kappa shape index (κ2) is 6.87. The number of nitrogens with one attached hydrogen (secondary N) is 1. The molecule has 1 N–H and O–H groups in total. The van der Waals surface area contributed by atoms with Crippen LogP contribution in [-0.2, 0) is 16.0 Å². The Morgan fingerprint density at radius 1 is 1.67 bits per heavy atom. The molecule has 0 aliphatic carbocycles. The van der Waals surface area contributed by atoms with Gasteiger partial charge in [-0.3, -0.25) is 9.69 Å². The molecule has 18 heavy (non-hydrogen) atoms. The van der Waals surface area contributed by atoms with Crippen molar-refractivity contribution in [2.24, 2.45) is 0 Å². The van der Waals surface area contributed by atoms with Crippen LogP contribution in [0.4, 0.5) is 0 Å². The summed E-state index contributed by atoms with van der Waals surface area (Å²) in [5.74, 6) is 0.112. The van der Waals surface area contributed by atoms with Crippen LogP contribution in [0.1, 0.15) is 11.8 Å². The second-order valence-corrected chi connectivity index (χ2v) is 5.63. The minimum atomic E-state index is 0.112. The van der Waals surface area contributed by atoms with E-state index in [-0.39, 0.29) is 12.0 Å². The van der Waals surface area contributed by atoms with E-state index in [2.05, 4.69) is 21.7 Å². The molecular formula is C13H20N2O2S. The molecule has 4 nitrogen and oxygen atoms in total. The lowest BCUT2D eigenvalue weighted by Gasteiger charge is -2.30. The molecule has 1 atom stereocenters. The summed E-state index contributed by atoms with van der Waals surface area (Å²) in [6, 6.07) is 4.14. The Labute approximate surface area is 112 Å². The molecule has 0 spiro atoms. The maximum Gasteiger partial charge on any atom is 0.234 e. The molecule has 0 aromatic carbocycles. The Morgan fingerprint density at radius 2 is 2.56 bits per heavy atom. The quantitative estimate of drug-likeness (QED) is 0.870. The number of ether oxygens (including phenoxy) is 1. The van der Waals surface area contributed by atoms with Crippen molar-refractivity contribution in [2.75, 3.05) is 32.8 Å². The number of carbonyl (C=O) groups excluding carboxylic acids is 1. The Balaban J connectivity index is 1.62. The summed E-state index contributed by atoms with van der Waals surface area (Å²) in [5, 5.41) is 5.03. The average molecular weight is 268 g/mol. The van der Waals surface area contributed by atoms with Gasteiger partial charge in [-0.2, -0.15) is 0 Å². The first-order valence-corrected chi connectivity index (χ1v) is 7.25. The molecule has 0 saturated carbocycles. The lowest BCUT2D eigenvalue weighted by molar-refractivity contribution is -0.124. The lowest BCUT2D eigenvalue weighted by Crippen LogP contribution is -2.46. The molecule has 1 aliphatic heterocycles. The molecule has 1 aromatic rings. The molecule has 1 aliphatic rings. The van der Waals surface area contributed by atoms with Crippen LogP contribution in [0.5, 0.6) is 0 Å². The van der Waals surface area contributed by atoms with Crippen LogP contribution in [0, 0.1) is 0 Å². The van der Waals surface area contributed by atoms with Gasteiger partial charge in [0.2, 0.25) is 5.91 Å². The molecule has 0 bridgehead atoms. The van der Waals surface area contributed by atoms with Gasteiger partial charge in [0, 0.05) is 24.5 Å². The molecule has 0 radical (unpaired) electrons. The summed E-state index contributed by atoms with van der Waals surface area (Å²) >= 11 is 1.73. The zero-order valence-electron chi connectivity index (χ0n) is 10.7. The molecule has 1 unspecified atom stereocenters. The minimum absolute atomic E-state index is 0.112. The fourth-order valence-electron chi connectivity index (χ4n) is 2.07. The molecule has 1 aromatic heterocycles. The van der Waals surface area contributed by atoms with Crippen molar-refractivity contribution in [3.63, 3.8) is 0 Å². The van der Waals surface area contributed by atoms with Crippen molar-refractivity contribution in [2.45, 2.75) is 19.4 Å². The molecule has 2 rings (SSSR count). The fraction of sp³-hybridized carbons (Fsp3) is 0.615. The molecule has 100 valence electrons. The maximum atomic E-state index is 11.8. The zero-order chi connectivity index (χ0) is 12.8. The van der Waals surface area contributed by atoms with Gasteiger partial charge >= 0.3 is 0 Å². The summed E-state index contributed by atoms with van der Waals surface area (Å²) in [7, 11) is 0. The predicted molar refractivity (Wildman–Crippen MR) is 72.9 cm³/mol. The van der Waals surface area contributed by atoms with Crippen molar-refractivity contribution >= 4 is 17.2 Å². The van der Waals surface area contributed by atoms with E-state index in [4.69, 9.17) is 4.74 Å². The number of rotatable bonds is 5. The van der Waals surface area contributed by atoms with Gasteiger partial charge in [0.1, 0.15) is 0 Å². The van der Waals surface area contributed by atoms with Crippen LogP contribution in [0.15, 0.2) is 17.5 Å². The van der Waals surface area contributed by atoms with Gasteiger partial charge in [-0.1, -0.05) is 6.07 Å². The summed E-state index contributed by atoms with van der Waals surface area (Å²) < 4.78 is 5.45. The van der Waals surface area contributed by atoms with Crippen LogP contribution in [-0.4, -0.2) is 49.7 Å². The molecular weight excluding hydrogens is 248 g/mol. The maximum absolute atomic E-state index is 11.8. The van der Waals surface area contributed by atoms with Crippen LogP contribution in [0.2, 0.25) is 0 Å². The van der Waals surface area contributed by atoms with E-state index >= 15 is 0 Å². The van der Waals surface area contributed by atoms with Gasteiger partial charge < -0.3 is 10.1 Å². The first-order valence-electron chi connectivity index (χ1n) is 6.37. The van der Waals surface area contributed by atoms with Gasteiger partial charge in [-0.05, 0) is 24.8 Å². The van der Waals surface area contributed by atoms with Gasteiger partial charge in [-0.25, -0.2) is 0 Å². The van der Waals surface area contributed by atoms with E-state index < -0.39 is 0 Å². The Morgan fingerprint density at radius 3 is 3.28 bits per heavy atom. The summed E-state index contributed by atoms with van der Waals surface area (Å²) in [6.07, 6.45) is 1.15. The monoisotopic (exact) mass is 268 g/mol. The topological polar surface area (TPSA) is 41.6 Å². The molecule has 2 heterocycles. The van der Waals surface area contributed by atoms with E-state index in [9.17, 15) is 4.79 Å². The van der Waals surface area contributed by atoms with Crippen LogP contribution < -0.4 is 5.32 Å². The number of hydrogen-bond acceptors (Lipinski definition) is 4. The van der Waals surface area contributed by atoms with Crippen molar-refractivity contribution in [1.82, 2.24) is 10.2 Å². The van der Waals surface area contributed by atoms with E-state index in [1.165, 1.54) is 4.88 Å². The largest absolute Gasteiger partial charge is 0.376 e. The zero-order valence-corrected chi connectivity index (χ0v) is 11.5. The standard InChI is InChI=1S/C13H20N2O2S/c1-11-9-15(6-7-17-11)10-13(16)14-5-4-12-3-2-8-18-12/h2-3,8,11H,4-7,9-10H2,1H3,(H,14,16). The number of carbonyl (C=O) groups is 1. The first-order chi connectivity index (χ1) is 8.74.